The lowest BCUT2D eigenvalue weighted by Gasteiger charge is -2.34. The summed E-state index contributed by atoms with van der Waals surface area (Å²) in [5.74, 6) is 0.448. The van der Waals surface area contributed by atoms with Gasteiger partial charge in [-0.2, -0.15) is 0 Å². The zero-order chi connectivity index (χ0) is 29.2. The van der Waals surface area contributed by atoms with Gasteiger partial charge >= 0.3 is 0 Å². The predicted molar refractivity (Wildman–Crippen MR) is 178 cm³/mol. The first-order chi connectivity index (χ1) is 21.1. The van der Waals surface area contributed by atoms with Crippen LogP contribution in [0.1, 0.15) is 44.5 Å². The molecule has 2 nitrogen and oxygen atoms in total. The Labute approximate surface area is 252 Å². The molecule has 0 aromatic heterocycles. The van der Waals surface area contributed by atoms with Crippen LogP contribution in [0, 0.1) is 0 Å². The molecule has 0 bridgehead atoms. The topological polar surface area (TPSA) is 40.5 Å². The van der Waals surface area contributed by atoms with Gasteiger partial charge in [-0.3, -0.25) is 0 Å². The van der Waals surface area contributed by atoms with Crippen molar-refractivity contribution in [3.63, 3.8) is 0 Å². The first-order valence-electron chi connectivity index (χ1n) is 14.5. The van der Waals surface area contributed by atoms with E-state index in [-0.39, 0.29) is 11.5 Å². The fourth-order valence-corrected chi connectivity index (χ4v) is 6.29. The van der Waals surface area contributed by atoms with Crippen LogP contribution in [0.2, 0.25) is 0 Å². The van der Waals surface area contributed by atoms with Gasteiger partial charge in [-0.15, -0.1) is 0 Å². The molecule has 0 saturated heterocycles. The van der Waals surface area contributed by atoms with Gasteiger partial charge in [-0.1, -0.05) is 133 Å². The van der Waals surface area contributed by atoms with Gasteiger partial charge in [-0.25, -0.2) is 0 Å². The average molecular weight is 555 g/mol. The molecule has 0 fully saturated rings. The molecule has 0 radical (unpaired) electrons. The van der Waals surface area contributed by atoms with E-state index in [9.17, 15) is 10.2 Å². The molecule has 206 valence electrons. The summed E-state index contributed by atoms with van der Waals surface area (Å²) in [6.45, 7) is 0. The van der Waals surface area contributed by atoms with Crippen LogP contribution in [-0.2, 0) is 5.41 Å². The number of rotatable bonds is 6. The van der Waals surface area contributed by atoms with Crippen molar-refractivity contribution >= 4 is 24.3 Å². The molecule has 2 heteroatoms. The Morgan fingerprint density at radius 2 is 0.744 bits per heavy atom. The minimum absolute atomic E-state index is 0.224. The second-order valence-electron chi connectivity index (χ2n) is 10.9. The zero-order valence-corrected chi connectivity index (χ0v) is 23.6. The van der Waals surface area contributed by atoms with Crippen LogP contribution in [0.15, 0.2) is 146 Å². The van der Waals surface area contributed by atoms with Crippen molar-refractivity contribution < 1.29 is 10.2 Å². The van der Waals surface area contributed by atoms with Gasteiger partial charge in [0.1, 0.15) is 11.5 Å². The molecule has 0 atom stereocenters. The molecule has 2 N–H and O–H groups in total. The van der Waals surface area contributed by atoms with Crippen molar-refractivity contribution in [1.82, 2.24) is 0 Å². The SMILES string of the molecule is Oc1ccc(C2(c3ccc(O)cc3)c3cc(C=Cc4ccccc4)ccc3-c3ccc(C=Cc4ccccc4)cc32)cc1. The number of benzene rings is 6. The summed E-state index contributed by atoms with van der Waals surface area (Å²) >= 11 is 0. The quantitative estimate of drug-likeness (QED) is 0.201. The molecule has 1 aliphatic rings. The van der Waals surface area contributed by atoms with Crippen molar-refractivity contribution in [2.75, 3.05) is 0 Å². The average Bonchev–Trinajstić information content (AvgIpc) is 3.34. The van der Waals surface area contributed by atoms with Gasteiger partial charge in [0.25, 0.3) is 0 Å². The van der Waals surface area contributed by atoms with E-state index in [1.807, 2.05) is 60.7 Å². The fraction of sp³-hybridized carbons (Fsp3) is 0.0244. The van der Waals surface area contributed by atoms with Gasteiger partial charge in [0, 0.05) is 0 Å². The van der Waals surface area contributed by atoms with Gasteiger partial charge in [0.15, 0.2) is 0 Å². The summed E-state index contributed by atoms with van der Waals surface area (Å²) in [4.78, 5) is 0. The van der Waals surface area contributed by atoms with E-state index in [1.165, 1.54) is 22.3 Å². The van der Waals surface area contributed by atoms with E-state index < -0.39 is 5.41 Å². The third-order valence-corrected chi connectivity index (χ3v) is 8.32. The largest absolute Gasteiger partial charge is 0.508 e. The standard InChI is InChI=1S/C41H30O2/c42-35-21-17-33(18-22-35)41(34-19-23-36(43)24-20-34)39-27-31(13-11-29-7-3-1-4-8-29)15-25-37(39)38-26-16-32(28-40(38)41)14-12-30-9-5-2-6-10-30/h1-28,42-43H. The van der Waals surface area contributed by atoms with Crippen molar-refractivity contribution in [3.05, 3.63) is 190 Å². The van der Waals surface area contributed by atoms with Gasteiger partial charge in [0.2, 0.25) is 0 Å². The third-order valence-electron chi connectivity index (χ3n) is 8.32. The number of phenolic OH excluding ortho intramolecular Hbond substituents is 2. The molecule has 7 rings (SSSR count). The number of fused-ring (bicyclic) bond motifs is 3. The van der Waals surface area contributed by atoms with Crippen LogP contribution in [0.4, 0.5) is 0 Å². The summed E-state index contributed by atoms with van der Waals surface area (Å²) in [6.07, 6.45) is 8.59. The van der Waals surface area contributed by atoms with E-state index in [2.05, 4.69) is 85.0 Å². The maximum absolute atomic E-state index is 10.3. The number of aromatic hydroxyl groups is 2. The van der Waals surface area contributed by atoms with E-state index in [1.54, 1.807) is 24.3 Å². The molecule has 6 aromatic carbocycles. The summed E-state index contributed by atoms with van der Waals surface area (Å²) in [5.41, 5.74) is 10.6. The molecule has 1 aliphatic carbocycles. The molecule has 0 amide bonds. The Bertz CT molecular complexity index is 1800. The van der Waals surface area contributed by atoms with Crippen molar-refractivity contribution in [2.45, 2.75) is 5.41 Å². The Kier molecular flexibility index (Phi) is 6.73. The van der Waals surface area contributed by atoms with E-state index in [4.69, 9.17) is 0 Å². The Morgan fingerprint density at radius 3 is 1.14 bits per heavy atom. The lowest BCUT2D eigenvalue weighted by atomic mass is 9.67. The van der Waals surface area contributed by atoms with Crippen LogP contribution in [-0.4, -0.2) is 10.2 Å². The van der Waals surface area contributed by atoms with Gasteiger partial charge in [-0.05, 0) is 92.0 Å². The molecular formula is C41H30O2. The van der Waals surface area contributed by atoms with Gasteiger partial charge < -0.3 is 10.2 Å². The van der Waals surface area contributed by atoms with Crippen LogP contribution in [0.5, 0.6) is 11.5 Å². The molecule has 0 saturated carbocycles. The molecule has 0 spiro atoms. The first kappa shape index (κ1) is 26.3. The molecular weight excluding hydrogens is 524 g/mol. The van der Waals surface area contributed by atoms with E-state index in [0.29, 0.717) is 0 Å². The lowest BCUT2D eigenvalue weighted by molar-refractivity contribution is 0.475. The predicted octanol–water partition coefficient (Wildman–Crippen LogP) is 9.80. The number of hydrogen-bond donors (Lipinski definition) is 2. The van der Waals surface area contributed by atoms with Gasteiger partial charge in [0.05, 0.1) is 5.41 Å². The zero-order valence-electron chi connectivity index (χ0n) is 23.6. The summed E-state index contributed by atoms with van der Waals surface area (Å²) in [7, 11) is 0. The van der Waals surface area contributed by atoms with Crippen LogP contribution < -0.4 is 0 Å². The molecule has 0 unspecified atom stereocenters. The molecule has 6 aromatic rings. The van der Waals surface area contributed by atoms with Crippen molar-refractivity contribution in [3.8, 4) is 22.6 Å². The van der Waals surface area contributed by atoms with Crippen LogP contribution >= 0.6 is 0 Å². The molecule has 0 heterocycles. The molecule has 43 heavy (non-hydrogen) atoms. The van der Waals surface area contributed by atoms with E-state index in [0.717, 1.165) is 33.4 Å². The lowest BCUT2D eigenvalue weighted by Crippen LogP contribution is -2.28. The maximum Gasteiger partial charge on any atom is 0.115 e. The highest BCUT2D eigenvalue weighted by molar-refractivity contribution is 5.89. The third kappa shape index (κ3) is 4.83. The second kappa shape index (κ2) is 11.0. The summed E-state index contributed by atoms with van der Waals surface area (Å²) < 4.78 is 0. The number of phenols is 2. The second-order valence-corrected chi connectivity index (χ2v) is 10.9. The van der Waals surface area contributed by atoms with E-state index >= 15 is 0 Å². The maximum atomic E-state index is 10.3. The first-order valence-corrected chi connectivity index (χ1v) is 14.5. The minimum Gasteiger partial charge on any atom is -0.508 e. The smallest absolute Gasteiger partial charge is 0.115 e. The normalized spacial score (nSPS) is 13.3. The monoisotopic (exact) mass is 554 g/mol. The molecule has 0 aliphatic heterocycles. The highest BCUT2D eigenvalue weighted by Gasteiger charge is 2.46. The Morgan fingerprint density at radius 1 is 0.372 bits per heavy atom. The summed E-state index contributed by atoms with van der Waals surface area (Å²) in [6, 6.07) is 49.1. The minimum atomic E-state index is -0.667. The van der Waals surface area contributed by atoms with Crippen molar-refractivity contribution in [2.24, 2.45) is 0 Å². The number of hydrogen-bond acceptors (Lipinski definition) is 2. The van der Waals surface area contributed by atoms with Crippen LogP contribution in [0.25, 0.3) is 35.4 Å². The highest BCUT2D eigenvalue weighted by atomic mass is 16.3. The summed E-state index contributed by atoms with van der Waals surface area (Å²) in [5, 5.41) is 20.5. The Balaban J connectivity index is 1.47. The van der Waals surface area contributed by atoms with Crippen molar-refractivity contribution in [1.29, 1.82) is 0 Å². The Hall–Kier alpha value is -5.60. The highest BCUT2D eigenvalue weighted by Crippen LogP contribution is 2.57. The fourth-order valence-electron chi connectivity index (χ4n) is 6.29. The van der Waals surface area contributed by atoms with Crippen LogP contribution in [0.3, 0.4) is 0 Å².